The van der Waals surface area contributed by atoms with E-state index in [1.807, 2.05) is 6.08 Å². The van der Waals surface area contributed by atoms with Crippen LogP contribution in [-0.4, -0.2) is 28.1 Å². The number of hydrogen-bond acceptors (Lipinski definition) is 4. The van der Waals surface area contributed by atoms with Crippen LogP contribution in [-0.2, 0) is 10.3 Å². The van der Waals surface area contributed by atoms with Crippen molar-refractivity contribution < 1.29 is 14.7 Å². The second-order valence-electron chi connectivity index (χ2n) is 5.49. The molecule has 3 rings (SSSR count). The summed E-state index contributed by atoms with van der Waals surface area (Å²) in [6.07, 6.45) is 12.9. The van der Waals surface area contributed by atoms with E-state index in [0.717, 1.165) is 19.3 Å². The van der Waals surface area contributed by atoms with Gasteiger partial charge in [-0.2, -0.15) is 0 Å². The number of Topliss-reactive ketones (excluding diaryl/α,β-unsaturated/α-hetero) is 1. The molecule has 0 saturated carbocycles. The van der Waals surface area contributed by atoms with Gasteiger partial charge in [-0.25, -0.2) is 4.79 Å². The van der Waals surface area contributed by atoms with E-state index in [2.05, 4.69) is 16.1 Å². The van der Waals surface area contributed by atoms with Crippen molar-refractivity contribution in [2.24, 2.45) is 10.9 Å². The molecule has 0 bridgehead atoms. The Kier molecular flexibility index (Phi) is 3.71. The predicted octanol–water partition coefficient (Wildman–Crippen LogP) is 2.54. The summed E-state index contributed by atoms with van der Waals surface area (Å²) in [7, 11) is 0. The lowest BCUT2D eigenvalue weighted by Crippen LogP contribution is -2.37. The molecule has 1 aliphatic heterocycles. The Hall–Kier alpha value is -2.56. The molecule has 1 aromatic rings. The van der Waals surface area contributed by atoms with Crippen LogP contribution in [0, 0.1) is 5.92 Å². The molecular formula is C17H16N2O3. The maximum atomic E-state index is 13.0. The summed E-state index contributed by atoms with van der Waals surface area (Å²) in [5.41, 5.74) is -0.535. The van der Waals surface area contributed by atoms with Crippen molar-refractivity contribution in [2.45, 2.75) is 24.8 Å². The van der Waals surface area contributed by atoms with Gasteiger partial charge in [0.1, 0.15) is 0 Å². The first-order valence-corrected chi connectivity index (χ1v) is 7.26. The quantitative estimate of drug-likeness (QED) is 0.866. The van der Waals surface area contributed by atoms with Crippen molar-refractivity contribution in [3.05, 3.63) is 53.9 Å². The molecule has 0 saturated heterocycles. The molecule has 2 aliphatic rings. The van der Waals surface area contributed by atoms with Gasteiger partial charge in [0.05, 0.1) is 11.3 Å². The van der Waals surface area contributed by atoms with E-state index < -0.39 is 11.5 Å². The van der Waals surface area contributed by atoms with Crippen LogP contribution in [0.25, 0.3) is 0 Å². The van der Waals surface area contributed by atoms with Gasteiger partial charge in [0.2, 0.25) is 0 Å². The number of carbonyl (C=O) groups is 2. The molecule has 2 atom stereocenters. The largest absolute Gasteiger partial charge is 0.478 e. The predicted molar refractivity (Wildman–Crippen MR) is 82.0 cm³/mol. The van der Waals surface area contributed by atoms with Gasteiger partial charge >= 0.3 is 5.97 Å². The molecule has 112 valence electrons. The van der Waals surface area contributed by atoms with E-state index in [-0.39, 0.29) is 17.3 Å². The van der Waals surface area contributed by atoms with Crippen LogP contribution >= 0.6 is 0 Å². The second-order valence-corrected chi connectivity index (χ2v) is 5.49. The van der Waals surface area contributed by atoms with Crippen LogP contribution in [0.4, 0.5) is 0 Å². The molecule has 0 amide bonds. The Balaban J connectivity index is 1.96. The summed E-state index contributed by atoms with van der Waals surface area (Å²) in [4.78, 5) is 32.5. The molecule has 0 fully saturated rings. The van der Waals surface area contributed by atoms with E-state index in [9.17, 15) is 9.59 Å². The van der Waals surface area contributed by atoms with Gasteiger partial charge in [0.15, 0.2) is 11.3 Å². The molecule has 1 aliphatic carbocycles. The average molecular weight is 296 g/mol. The maximum Gasteiger partial charge on any atom is 0.337 e. The highest BCUT2D eigenvalue weighted by Crippen LogP contribution is 2.36. The highest BCUT2D eigenvalue weighted by atomic mass is 16.4. The number of allylic oxidation sites excluding steroid dienone is 3. The first-order valence-electron chi connectivity index (χ1n) is 7.26. The number of carboxylic acids is 1. The summed E-state index contributed by atoms with van der Waals surface area (Å²) in [5.74, 6) is -1.09. The van der Waals surface area contributed by atoms with Gasteiger partial charge in [-0.05, 0) is 43.5 Å². The number of aliphatic imine (C=N–C) groups is 1. The van der Waals surface area contributed by atoms with Crippen molar-refractivity contribution in [2.75, 3.05) is 0 Å². The number of nitrogens with zero attached hydrogens (tertiary/aromatic N) is 2. The van der Waals surface area contributed by atoms with E-state index in [4.69, 9.17) is 5.11 Å². The van der Waals surface area contributed by atoms with Crippen molar-refractivity contribution in [1.29, 1.82) is 0 Å². The van der Waals surface area contributed by atoms with E-state index in [1.165, 1.54) is 12.3 Å². The fraction of sp³-hybridized carbons (Fsp3) is 0.294. The standard InChI is InChI=1S/C17H16N2O3/c20-15(12-5-2-1-3-6-12)17(9-4-10-19-17)14-8-7-13(11-18-14)16(21)22/h1-2,4,7-12H,3,5-6H2,(H,21,22). The van der Waals surface area contributed by atoms with Crippen molar-refractivity contribution >= 4 is 18.0 Å². The summed E-state index contributed by atoms with van der Waals surface area (Å²) in [6, 6.07) is 3.04. The first kappa shape index (κ1) is 14.4. The fourth-order valence-electron chi connectivity index (χ4n) is 2.90. The minimum atomic E-state index is -1.10. The number of aromatic carboxylic acids is 1. The molecule has 0 radical (unpaired) electrons. The van der Waals surface area contributed by atoms with E-state index in [1.54, 1.807) is 24.4 Å². The lowest BCUT2D eigenvalue weighted by Gasteiger charge is -2.28. The van der Waals surface area contributed by atoms with Gasteiger partial charge < -0.3 is 5.11 Å². The molecule has 5 nitrogen and oxygen atoms in total. The number of carbonyl (C=O) groups excluding carboxylic acids is 1. The summed E-state index contributed by atoms with van der Waals surface area (Å²) in [6.45, 7) is 0. The monoisotopic (exact) mass is 296 g/mol. The number of pyridine rings is 1. The molecule has 2 unspecified atom stereocenters. The highest BCUT2D eigenvalue weighted by molar-refractivity contribution is 5.98. The number of rotatable bonds is 4. The molecule has 2 heterocycles. The lowest BCUT2D eigenvalue weighted by atomic mass is 9.78. The van der Waals surface area contributed by atoms with E-state index in [0.29, 0.717) is 5.69 Å². The zero-order valence-electron chi connectivity index (χ0n) is 12.0. The van der Waals surface area contributed by atoms with Gasteiger partial charge in [0.25, 0.3) is 0 Å². The van der Waals surface area contributed by atoms with Crippen LogP contribution in [0.2, 0.25) is 0 Å². The SMILES string of the molecule is O=C(O)c1ccc(C2(C(=O)C3CC=CCC3)C=CC=N2)nc1. The Bertz CT molecular complexity index is 674. The van der Waals surface area contributed by atoms with Gasteiger partial charge in [-0.3, -0.25) is 14.8 Å². The number of carboxylic acid groups (broad SMARTS) is 1. The molecular weight excluding hydrogens is 280 g/mol. The number of hydrogen-bond donors (Lipinski definition) is 1. The Morgan fingerprint density at radius 1 is 1.27 bits per heavy atom. The van der Waals surface area contributed by atoms with Crippen molar-refractivity contribution in [3.8, 4) is 0 Å². The normalized spacial score (nSPS) is 26.3. The van der Waals surface area contributed by atoms with Crippen LogP contribution in [0.15, 0.2) is 47.6 Å². The third kappa shape index (κ3) is 2.39. The zero-order valence-corrected chi connectivity index (χ0v) is 12.0. The minimum Gasteiger partial charge on any atom is -0.478 e. The highest BCUT2D eigenvalue weighted by Gasteiger charge is 2.43. The molecule has 1 aromatic heterocycles. The zero-order chi connectivity index (χ0) is 15.6. The van der Waals surface area contributed by atoms with Crippen molar-refractivity contribution in [1.82, 2.24) is 4.98 Å². The Morgan fingerprint density at radius 2 is 2.14 bits per heavy atom. The Labute approximate surface area is 128 Å². The van der Waals surface area contributed by atoms with Crippen LogP contribution < -0.4 is 0 Å². The minimum absolute atomic E-state index is 0.0254. The maximum absolute atomic E-state index is 13.0. The lowest BCUT2D eigenvalue weighted by molar-refractivity contribution is -0.127. The molecule has 22 heavy (non-hydrogen) atoms. The average Bonchev–Trinajstić information content (AvgIpc) is 3.06. The molecule has 0 aromatic carbocycles. The fourth-order valence-corrected chi connectivity index (χ4v) is 2.90. The Morgan fingerprint density at radius 3 is 2.68 bits per heavy atom. The summed E-state index contributed by atoms with van der Waals surface area (Å²) in [5, 5.41) is 8.96. The second kappa shape index (κ2) is 5.67. The third-order valence-corrected chi connectivity index (χ3v) is 4.12. The smallest absolute Gasteiger partial charge is 0.337 e. The summed E-state index contributed by atoms with van der Waals surface area (Å²) >= 11 is 0. The number of aromatic nitrogens is 1. The third-order valence-electron chi connectivity index (χ3n) is 4.12. The number of ketones is 1. The topological polar surface area (TPSA) is 79.6 Å². The van der Waals surface area contributed by atoms with Crippen LogP contribution in [0.3, 0.4) is 0 Å². The van der Waals surface area contributed by atoms with Gasteiger partial charge in [-0.15, -0.1) is 0 Å². The van der Waals surface area contributed by atoms with Crippen LogP contribution in [0.1, 0.15) is 35.3 Å². The molecule has 0 spiro atoms. The van der Waals surface area contributed by atoms with Crippen molar-refractivity contribution in [3.63, 3.8) is 0 Å². The van der Waals surface area contributed by atoms with Gasteiger partial charge in [-0.1, -0.05) is 12.2 Å². The van der Waals surface area contributed by atoms with Gasteiger partial charge in [0, 0.05) is 18.3 Å². The first-order chi connectivity index (χ1) is 10.6. The molecule has 1 N–H and O–H groups in total. The molecule has 5 heteroatoms. The van der Waals surface area contributed by atoms with Crippen LogP contribution in [0.5, 0.6) is 0 Å². The summed E-state index contributed by atoms with van der Waals surface area (Å²) < 4.78 is 0. The van der Waals surface area contributed by atoms with E-state index >= 15 is 0 Å².